The molecule has 0 N–H and O–H groups in total. The summed E-state index contributed by atoms with van der Waals surface area (Å²) in [6.07, 6.45) is 3.33. The van der Waals surface area contributed by atoms with Gasteiger partial charge in [0.25, 0.3) is 0 Å². The molecule has 0 heterocycles. The van der Waals surface area contributed by atoms with Gasteiger partial charge in [-0.3, -0.25) is 4.79 Å². The molecule has 0 bridgehead atoms. The zero-order valence-electron chi connectivity index (χ0n) is 13.7. The second kappa shape index (κ2) is 11.8. The minimum absolute atomic E-state index is 0.0628. The Hall–Kier alpha value is -1.87. The molecule has 0 spiro atoms. The molecule has 0 radical (unpaired) electrons. The summed E-state index contributed by atoms with van der Waals surface area (Å²) in [4.78, 5) is 25.3. The Morgan fingerprint density at radius 3 is 2.64 bits per heavy atom. The minimum atomic E-state index is -0.835. The summed E-state index contributed by atoms with van der Waals surface area (Å²) in [5.74, 6) is -0.317. The third-order valence-corrected chi connectivity index (χ3v) is 3.09. The van der Waals surface area contributed by atoms with Crippen molar-refractivity contribution in [2.75, 3.05) is 26.9 Å². The van der Waals surface area contributed by atoms with Crippen molar-refractivity contribution in [3.05, 3.63) is 12.7 Å². The number of allylic oxidation sites excluding steroid dienone is 1. The van der Waals surface area contributed by atoms with Gasteiger partial charge in [-0.05, 0) is 18.8 Å². The van der Waals surface area contributed by atoms with Gasteiger partial charge in [-0.2, -0.15) is 5.26 Å². The predicted molar refractivity (Wildman–Crippen MR) is 82.8 cm³/mol. The smallest absolute Gasteiger partial charge is 0.332 e. The Balaban J connectivity index is 4.62. The van der Waals surface area contributed by atoms with E-state index >= 15 is 0 Å². The van der Waals surface area contributed by atoms with Gasteiger partial charge in [-0.25, -0.2) is 4.79 Å². The van der Waals surface area contributed by atoms with Crippen LogP contribution in [0.1, 0.15) is 33.1 Å². The van der Waals surface area contributed by atoms with Gasteiger partial charge < -0.3 is 14.4 Å². The molecule has 1 unspecified atom stereocenters. The Bertz CT molecular complexity index is 401. The first-order chi connectivity index (χ1) is 10.4. The fraction of sp³-hybridized carbons (Fsp3) is 0.688. The number of hydrogen-bond donors (Lipinski definition) is 0. The number of carbonyl (C=O) groups is 2. The van der Waals surface area contributed by atoms with E-state index in [0.29, 0.717) is 18.9 Å². The zero-order chi connectivity index (χ0) is 17.0. The molecule has 22 heavy (non-hydrogen) atoms. The summed E-state index contributed by atoms with van der Waals surface area (Å²) in [5, 5.41) is 8.49. The Morgan fingerprint density at radius 1 is 1.41 bits per heavy atom. The quantitative estimate of drug-likeness (QED) is 0.331. The highest BCUT2D eigenvalue weighted by Crippen LogP contribution is 2.07. The normalized spacial score (nSPS) is 11.6. The maximum atomic E-state index is 12.0. The predicted octanol–water partition coefficient (Wildman–Crippen LogP) is 1.91. The number of amides is 1. The molecule has 6 nitrogen and oxygen atoms in total. The summed E-state index contributed by atoms with van der Waals surface area (Å²) in [7, 11) is 1.54. The summed E-state index contributed by atoms with van der Waals surface area (Å²) < 4.78 is 10.3. The van der Waals surface area contributed by atoms with Crippen LogP contribution < -0.4 is 0 Å². The standard InChI is InChI=1S/C16H26N2O4/c1-5-6-7-15(19)18(4)14(16(20)22-11-9-17)12-21-10-8-13(2)3/h5,13-14H,1,6-8,10-12H2,2-4H3. The van der Waals surface area contributed by atoms with Gasteiger partial charge in [0.15, 0.2) is 12.6 Å². The van der Waals surface area contributed by atoms with Crippen molar-refractivity contribution >= 4 is 11.9 Å². The second-order valence-electron chi connectivity index (χ2n) is 5.37. The number of nitrogens with zero attached hydrogens (tertiary/aromatic N) is 2. The molecular weight excluding hydrogens is 284 g/mol. The Labute approximate surface area is 132 Å². The molecule has 0 aliphatic rings. The number of rotatable bonds is 11. The molecule has 0 aromatic rings. The first kappa shape index (κ1) is 20.1. The van der Waals surface area contributed by atoms with Gasteiger partial charge in [0.05, 0.1) is 6.61 Å². The van der Waals surface area contributed by atoms with Crippen LogP contribution in [0.4, 0.5) is 0 Å². The highest BCUT2D eigenvalue weighted by molar-refractivity contribution is 5.84. The Morgan fingerprint density at radius 2 is 2.09 bits per heavy atom. The van der Waals surface area contributed by atoms with Crippen molar-refractivity contribution in [1.82, 2.24) is 4.90 Å². The van der Waals surface area contributed by atoms with Gasteiger partial charge >= 0.3 is 5.97 Å². The van der Waals surface area contributed by atoms with Gasteiger partial charge in [0.2, 0.25) is 5.91 Å². The molecule has 0 saturated carbocycles. The molecule has 0 aliphatic carbocycles. The van der Waals surface area contributed by atoms with Crippen molar-refractivity contribution in [2.45, 2.75) is 39.2 Å². The van der Waals surface area contributed by atoms with E-state index < -0.39 is 12.0 Å². The highest BCUT2D eigenvalue weighted by atomic mass is 16.5. The number of ether oxygens (including phenoxy) is 2. The SMILES string of the molecule is C=CCCC(=O)N(C)C(COCCC(C)C)C(=O)OCC#N. The molecule has 0 saturated heterocycles. The molecule has 0 aliphatic heterocycles. The lowest BCUT2D eigenvalue weighted by atomic mass is 10.1. The molecule has 0 fully saturated rings. The Kier molecular flexibility index (Phi) is 10.8. The van der Waals surface area contributed by atoms with E-state index in [1.54, 1.807) is 12.1 Å². The number of nitriles is 1. The second-order valence-corrected chi connectivity index (χ2v) is 5.37. The van der Waals surface area contributed by atoms with E-state index in [9.17, 15) is 9.59 Å². The van der Waals surface area contributed by atoms with E-state index in [0.717, 1.165) is 6.42 Å². The van der Waals surface area contributed by atoms with Crippen LogP contribution in [-0.2, 0) is 19.1 Å². The van der Waals surface area contributed by atoms with Crippen LogP contribution >= 0.6 is 0 Å². The topological polar surface area (TPSA) is 79.6 Å². The van der Waals surface area contributed by atoms with Crippen LogP contribution in [0.3, 0.4) is 0 Å². The highest BCUT2D eigenvalue weighted by Gasteiger charge is 2.28. The van der Waals surface area contributed by atoms with Crippen LogP contribution in [0, 0.1) is 17.2 Å². The molecule has 0 rings (SSSR count). The van der Waals surface area contributed by atoms with Gasteiger partial charge in [0, 0.05) is 20.1 Å². The van der Waals surface area contributed by atoms with Crippen molar-refractivity contribution < 1.29 is 19.1 Å². The van der Waals surface area contributed by atoms with Crippen LogP contribution in [0.25, 0.3) is 0 Å². The number of carbonyl (C=O) groups excluding carboxylic acids is 2. The lowest BCUT2D eigenvalue weighted by Crippen LogP contribution is -2.46. The summed E-state index contributed by atoms with van der Waals surface area (Å²) in [5.41, 5.74) is 0. The molecule has 0 aromatic carbocycles. The maximum absolute atomic E-state index is 12.0. The lowest BCUT2D eigenvalue weighted by molar-refractivity contribution is -0.155. The van der Waals surface area contributed by atoms with Crippen LogP contribution in [-0.4, -0.2) is 49.7 Å². The molecule has 124 valence electrons. The van der Waals surface area contributed by atoms with E-state index in [-0.39, 0.29) is 25.5 Å². The first-order valence-corrected chi connectivity index (χ1v) is 7.41. The molecule has 1 atom stereocenters. The minimum Gasteiger partial charge on any atom is -0.449 e. The number of hydrogen-bond acceptors (Lipinski definition) is 5. The van der Waals surface area contributed by atoms with Gasteiger partial charge in [-0.1, -0.05) is 19.9 Å². The largest absolute Gasteiger partial charge is 0.449 e. The van der Waals surface area contributed by atoms with Crippen LogP contribution in [0.5, 0.6) is 0 Å². The zero-order valence-corrected chi connectivity index (χ0v) is 13.7. The summed E-state index contributed by atoms with van der Waals surface area (Å²) >= 11 is 0. The van der Waals surface area contributed by atoms with Gasteiger partial charge in [-0.15, -0.1) is 6.58 Å². The van der Waals surface area contributed by atoms with Crippen molar-refractivity contribution in [3.63, 3.8) is 0 Å². The van der Waals surface area contributed by atoms with E-state index in [2.05, 4.69) is 20.4 Å². The fourth-order valence-corrected chi connectivity index (χ4v) is 1.63. The third kappa shape index (κ3) is 8.42. The van der Waals surface area contributed by atoms with Crippen LogP contribution in [0.2, 0.25) is 0 Å². The van der Waals surface area contributed by atoms with Crippen molar-refractivity contribution in [1.29, 1.82) is 5.26 Å². The van der Waals surface area contributed by atoms with E-state index in [4.69, 9.17) is 14.7 Å². The van der Waals surface area contributed by atoms with Crippen LogP contribution in [0.15, 0.2) is 12.7 Å². The molecule has 1 amide bonds. The lowest BCUT2D eigenvalue weighted by Gasteiger charge is -2.26. The number of likely N-dealkylation sites (N-methyl/N-ethyl adjacent to an activating group) is 1. The maximum Gasteiger partial charge on any atom is 0.332 e. The molecule has 0 aromatic heterocycles. The fourth-order valence-electron chi connectivity index (χ4n) is 1.63. The average molecular weight is 310 g/mol. The first-order valence-electron chi connectivity index (χ1n) is 7.41. The number of esters is 1. The molecular formula is C16H26N2O4. The monoisotopic (exact) mass is 310 g/mol. The van der Waals surface area contributed by atoms with Crippen molar-refractivity contribution in [3.8, 4) is 6.07 Å². The van der Waals surface area contributed by atoms with Crippen molar-refractivity contribution in [2.24, 2.45) is 5.92 Å². The average Bonchev–Trinajstić information content (AvgIpc) is 2.49. The molecule has 6 heteroatoms. The van der Waals surface area contributed by atoms with E-state index in [1.165, 1.54) is 11.9 Å². The van der Waals surface area contributed by atoms with E-state index in [1.807, 2.05) is 0 Å². The van der Waals surface area contributed by atoms with Gasteiger partial charge in [0.1, 0.15) is 6.07 Å². The summed E-state index contributed by atoms with van der Waals surface area (Å²) in [6, 6.07) is 0.902. The third-order valence-electron chi connectivity index (χ3n) is 3.09. The summed E-state index contributed by atoms with van der Waals surface area (Å²) in [6.45, 7) is 7.95.